The molecule has 4 rings (SSSR count). The van der Waals surface area contributed by atoms with Crippen molar-refractivity contribution in [3.05, 3.63) is 64.0 Å². The molecule has 0 unspecified atom stereocenters. The van der Waals surface area contributed by atoms with Gasteiger partial charge in [-0.1, -0.05) is 0 Å². The van der Waals surface area contributed by atoms with Gasteiger partial charge in [0.15, 0.2) is 5.82 Å². The molecule has 1 aliphatic rings. The van der Waals surface area contributed by atoms with Gasteiger partial charge in [0.05, 0.1) is 27.0 Å². The number of aromatic nitrogens is 2. The van der Waals surface area contributed by atoms with Crippen molar-refractivity contribution in [2.75, 3.05) is 7.05 Å². The zero-order valence-electron chi connectivity index (χ0n) is 12.8. The molecule has 0 fully saturated rings. The Kier molecular flexibility index (Phi) is 3.15. The Bertz CT molecular complexity index is 1250. The Hall–Kier alpha value is -2.91. The first-order valence-corrected chi connectivity index (χ1v) is 8.67. The third kappa shape index (κ3) is 2.13. The van der Waals surface area contributed by atoms with Crippen LogP contribution in [0.3, 0.4) is 0 Å². The van der Waals surface area contributed by atoms with Crippen molar-refractivity contribution in [1.82, 2.24) is 14.3 Å². The predicted molar refractivity (Wildman–Crippen MR) is 87.0 cm³/mol. The van der Waals surface area contributed by atoms with Gasteiger partial charge < -0.3 is 0 Å². The Balaban J connectivity index is 2.04. The van der Waals surface area contributed by atoms with Crippen LogP contribution in [0.2, 0.25) is 0 Å². The van der Waals surface area contributed by atoms with Crippen molar-refractivity contribution in [2.45, 2.75) is 4.90 Å². The highest BCUT2D eigenvalue weighted by molar-refractivity contribution is 7.89. The van der Waals surface area contributed by atoms with E-state index in [0.717, 1.165) is 16.7 Å². The Morgan fingerprint density at radius 1 is 1.12 bits per heavy atom. The molecule has 1 aliphatic heterocycles. The van der Waals surface area contributed by atoms with E-state index in [1.165, 1.54) is 31.3 Å². The number of nitrogens with zero attached hydrogens (tertiary/aromatic N) is 2. The predicted octanol–water partition coefficient (Wildman–Crippen LogP) is 0.977. The molecule has 0 saturated carbocycles. The van der Waals surface area contributed by atoms with E-state index >= 15 is 0 Å². The summed E-state index contributed by atoms with van der Waals surface area (Å²) in [6, 6.07) is 7.39. The summed E-state index contributed by atoms with van der Waals surface area (Å²) in [4.78, 5) is 29.3. The summed E-state index contributed by atoms with van der Waals surface area (Å²) >= 11 is 0. The molecule has 1 aromatic heterocycles. The van der Waals surface area contributed by atoms with Crippen LogP contribution < -0.4 is 10.3 Å². The molecule has 25 heavy (non-hydrogen) atoms. The molecular weight excluding hydrogens is 349 g/mol. The molecule has 9 heteroatoms. The number of hydrogen-bond acceptors (Lipinski definition) is 5. The largest absolute Gasteiger partial charge is 0.285 e. The maximum atomic E-state index is 13.4. The molecule has 0 saturated heterocycles. The van der Waals surface area contributed by atoms with Crippen LogP contribution >= 0.6 is 0 Å². The first kappa shape index (κ1) is 15.6. The second-order valence-corrected chi connectivity index (χ2v) is 7.34. The number of benzene rings is 2. The van der Waals surface area contributed by atoms with Crippen LogP contribution in [0.15, 0.2) is 46.1 Å². The van der Waals surface area contributed by atoms with Crippen molar-refractivity contribution in [2.24, 2.45) is 0 Å². The number of nitrogens with one attached hydrogen (secondary N) is 1. The molecule has 0 atom stereocenters. The van der Waals surface area contributed by atoms with E-state index in [4.69, 9.17) is 0 Å². The van der Waals surface area contributed by atoms with Gasteiger partial charge in [0.2, 0.25) is 15.8 Å². The lowest BCUT2D eigenvalue weighted by Gasteiger charge is -2.07. The van der Waals surface area contributed by atoms with E-state index < -0.39 is 27.2 Å². The fourth-order valence-corrected chi connectivity index (χ4v) is 3.59. The Morgan fingerprint density at radius 3 is 2.60 bits per heavy atom. The summed E-state index contributed by atoms with van der Waals surface area (Å²) in [5.74, 6) is -1.33. The summed E-state index contributed by atoms with van der Waals surface area (Å²) < 4.78 is 40.5. The molecule has 0 spiro atoms. The average Bonchev–Trinajstić information content (AvgIpc) is 2.87. The van der Waals surface area contributed by atoms with Crippen molar-refractivity contribution >= 4 is 26.7 Å². The van der Waals surface area contributed by atoms with Gasteiger partial charge in [0.1, 0.15) is 5.82 Å². The maximum absolute atomic E-state index is 13.4. The molecule has 2 aromatic carbocycles. The quantitative estimate of drug-likeness (QED) is 0.575. The second kappa shape index (κ2) is 5.04. The molecule has 7 nitrogen and oxygen atoms in total. The monoisotopic (exact) mass is 359 g/mol. The maximum Gasteiger partial charge on any atom is 0.266 e. The lowest BCUT2D eigenvalue weighted by molar-refractivity contribution is 0.103. The van der Waals surface area contributed by atoms with Crippen LogP contribution in [-0.2, 0) is 10.0 Å². The molecular formula is C16H10FN3O4S. The summed E-state index contributed by atoms with van der Waals surface area (Å²) in [6.45, 7) is 0. The molecule has 2 heterocycles. The third-order valence-electron chi connectivity index (χ3n) is 4.07. The van der Waals surface area contributed by atoms with Gasteiger partial charge in [0.25, 0.3) is 5.56 Å². The fourth-order valence-electron chi connectivity index (χ4n) is 2.83. The number of fused-ring (bicyclic) bond motifs is 4. The molecule has 0 amide bonds. The van der Waals surface area contributed by atoms with E-state index in [0.29, 0.717) is 0 Å². The van der Waals surface area contributed by atoms with Crippen molar-refractivity contribution in [1.29, 1.82) is 0 Å². The zero-order valence-corrected chi connectivity index (χ0v) is 13.6. The molecule has 0 radical (unpaired) electrons. The summed E-state index contributed by atoms with van der Waals surface area (Å²) in [5, 5.41) is 0.165. The number of carbonyl (C=O) groups is 1. The molecule has 0 aliphatic carbocycles. The summed E-state index contributed by atoms with van der Waals surface area (Å²) in [6.07, 6.45) is 0. The lowest BCUT2D eigenvalue weighted by atomic mass is 10.1. The minimum Gasteiger partial charge on any atom is -0.285 e. The number of ketones is 1. The van der Waals surface area contributed by atoms with Crippen LogP contribution in [0.25, 0.3) is 16.6 Å². The SMILES string of the molecule is CNS(=O)(=O)c1ccc2c(c1)C(=O)c1nc3cc(F)ccc3c(=O)n1-2. The minimum atomic E-state index is -3.74. The highest BCUT2D eigenvalue weighted by atomic mass is 32.2. The van der Waals surface area contributed by atoms with Gasteiger partial charge in [-0.25, -0.2) is 22.5 Å². The van der Waals surface area contributed by atoms with E-state index in [9.17, 15) is 22.4 Å². The normalized spacial score (nSPS) is 13.1. The third-order valence-corrected chi connectivity index (χ3v) is 5.48. The van der Waals surface area contributed by atoms with Gasteiger partial charge in [-0.2, -0.15) is 0 Å². The standard InChI is InChI=1S/C16H10FN3O4S/c1-18-25(23,24)9-3-5-13-11(7-9)14(21)15-19-12-6-8(17)2-4-10(12)16(22)20(13)15/h2-7,18H,1H3. The van der Waals surface area contributed by atoms with Crippen LogP contribution in [0.4, 0.5) is 4.39 Å². The highest BCUT2D eigenvalue weighted by Gasteiger charge is 2.31. The zero-order chi connectivity index (χ0) is 17.9. The van der Waals surface area contributed by atoms with E-state index in [2.05, 4.69) is 9.71 Å². The van der Waals surface area contributed by atoms with E-state index in [1.807, 2.05) is 0 Å². The average molecular weight is 359 g/mol. The second-order valence-electron chi connectivity index (χ2n) is 5.45. The number of rotatable bonds is 2. The van der Waals surface area contributed by atoms with Crippen LogP contribution in [0.5, 0.6) is 0 Å². The van der Waals surface area contributed by atoms with Gasteiger partial charge >= 0.3 is 0 Å². The first-order valence-electron chi connectivity index (χ1n) is 7.18. The topological polar surface area (TPSA) is 98.1 Å². The minimum absolute atomic E-state index is 0.0525. The number of carbonyl (C=O) groups excluding carboxylic acids is 1. The first-order chi connectivity index (χ1) is 11.8. The Morgan fingerprint density at radius 2 is 1.88 bits per heavy atom. The summed E-state index contributed by atoms with van der Waals surface area (Å²) in [5.41, 5.74) is -0.146. The number of hydrogen-bond donors (Lipinski definition) is 1. The molecule has 1 N–H and O–H groups in total. The van der Waals surface area contributed by atoms with Crippen LogP contribution in [-0.4, -0.2) is 30.8 Å². The van der Waals surface area contributed by atoms with Crippen molar-refractivity contribution in [3.63, 3.8) is 0 Å². The van der Waals surface area contributed by atoms with E-state index in [-0.39, 0.29) is 32.9 Å². The highest BCUT2D eigenvalue weighted by Crippen LogP contribution is 2.28. The van der Waals surface area contributed by atoms with Crippen molar-refractivity contribution < 1.29 is 17.6 Å². The van der Waals surface area contributed by atoms with Crippen LogP contribution in [0, 0.1) is 5.82 Å². The smallest absolute Gasteiger partial charge is 0.266 e. The van der Waals surface area contributed by atoms with Gasteiger partial charge in [0, 0.05) is 6.07 Å². The Labute approximate surface area is 140 Å². The van der Waals surface area contributed by atoms with Gasteiger partial charge in [-0.15, -0.1) is 0 Å². The summed E-state index contributed by atoms with van der Waals surface area (Å²) in [7, 11) is -2.49. The van der Waals surface area contributed by atoms with Gasteiger partial charge in [-0.05, 0) is 37.4 Å². The van der Waals surface area contributed by atoms with Crippen molar-refractivity contribution in [3.8, 4) is 5.69 Å². The number of sulfonamides is 1. The lowest BCUT2D eigenvalue weighted by Crippen LogP contribution is -2.21. The fraction of sp³-hybridized carbons (Fsp3) is 0.0625. The molecule has 126 valence electrons. The number of halogens is 1. The molecule has 3 aromatic rings. The van der Waals surface area contributed by atoms with Crippen LogP contribution in [0.1, 0.15) is 16.2 Å². The van der Waals surface area contributed by atoms with Gasteiger partial charge in [-0.3, -0.25) is 14.2 Å². The van der Waals surface area contributed by atoms with E-state index in [1.54, 1.807) is 0 Å². The molecule has 0 bridgehead atoms.